The Morgan fingerprint density at radius 1 is 0.407 bits per heavy atom. The van der Waals surface area contributed by atoms with E-state index in [0.29, 0.717) is 81.1 Å². The average molecular weight is 1580 g/mol. The van der Waals surface area contributed by atoms with Crippen molar-refractivity contribution in [2.45, 2.75) is 179 Å². The SMILES string of the molecule is CCCCN1CC(C(O)c2cc(F)c([C@@H]3c4[nH]c5ccccc5c4C[C@@H](C)N3CC(F)(F)CO)c(F)c2)C1.CCCCN1CC(C(O)c2cc(F)c([C@@H]3c4[nH]c5ccccc5c4C[C@@H](C)N3CC(F)(F)F)c(F)c2)C1.CCCCN1CC(C(O)c2cc(F)c([C@@H]3c4[nH]c5ccccc5c4C[C@@H](C)N3C[C@](C)(F)CO)c(F)c2)C1. The third-order valence-corrected chi connectivity index (χ3v) is 24.3. The van der Waals surface area contributed by atoms with Crippen LogP contribution in [0.1, 0.15) is 191 Å². The molecule has 113 heavy (non-hydrogen) atoms. The lowest BCUT2D eigenvalue weighted by atomic mass is 9.85. The molecule has 3 unspecified atom stereocenters. The van der Waals surface area contributed by atoms with Crippen LogP contribution >= 0.6 is 0 Å². The smallest absolute Gasteiger partial charge is 0.393 e. The van der Waals surface area contributed by atoms with Crippen LogP contribution in [0, 0.1) is 52.7 Å². The molecule has 3 fully saturated rings. The molecule has 3 saturated heterocycles. The van der Waals surface area contributed by atoms with E-state index < -0.39 is 133 Å². The van der Waals surface area contributed by atoms with E-state index in [1.165, 1.54) is 24.0 Å². The minimum atomic E-state index is -4.55. The minimum Gasteiger partial charge on any atom is -0.393 e. The van der Waals surface area contributed by atoms with Crippen LogP contribution in [0.5, 0.6) is 0 Å². The quantitative estimate of drug-likeness (QED) is 0.0257. The van der Waals surface area contributed by atoms with E-state index in [-0.39, 0.29) is 58.2 Å². The summed E-state index contributed by atoms with van der Waals surface area (Å²) in [6, 6.07) is 24.7. The molecule has 612 valence electrons. The number of aromatic amines is 3. The molecule has 6 aliphatic rings. The molecule has 0 aliphatic carbocycles. The lowest BCUT2D eigenvalue weighted by Crippen LogP contribution is -2.50. The molecule has 0 bridgehead atoms. The molecule has 14 nitrogen and oxygen atoms in total. The molecule has 8 N–H and O–H groups in total. The van der Waals surface area contributed by atoms with Crippen LogP contribution in [0.4, 0.5) is 52.7 Å². The second-order valence-corrected chi connectivity index (χ2v) is 32.9. The highest BCUT2D eigenvalue weighted by molar-refractivity contribution is 5.87. The number of hydrogen-bond acceptors (Lipinski definition) is 11. The summed E-state index contributed by atoms with van der Waals surface area (Å²) in [6.45, 7) is 15.4. The summed E-state index contributed by atoms with van der Waals surface area (Å²) >= 11 is 0. The molecular weight excluding hydrogens is 1480 g/mol. The molecule has 9 aromatic rings. The molecule has 0 spiro atoms. The number of aliphatic hydroxyl groups is 5. The van der Waals surface area contributed by atoms with Gasteiger partial charge in [-0.25, -0.2) is 39.5 Å². The van der Waals surface area contributed by atoms with E-state index in [1.807, 2.05) is 67.6 Å². The van der Waals surface area contributed by atoms with Crippen molar-refractivity contribution in [3.8, 4) is 0 Å². The fourth-order valence-corrected chi connectivity index (χ4v) is 18.2. The minimum absolute atomic E-state index is 0.0696. The summed E-state index contributed by atoms with van der Waals surface area (Å²) in [6.07, 6.45) is 0.150. The molecule has 15 rings (SSSR count). The van der Waals surface area contributed by atoms with Crippen molar-refractivity contribution in [2.75, 3.05) is 91.8 Å². The second kappa shape index (κ2) is 34.5. The number of nitrogens with zero attached hydrogens (tertiary/aromatic N) is 6. The van der Waals surface area contributed by atoms with Crippen LogP contribution in [-0.2, 0) is 19.3 Å². The van der Waals surface area contributed by atoms with Gasteiger partial charge in [0.25, 0.3) is 5.92 Å². The van der Waals surface area contributed by atoms with Gasteiger partial charge >= 0.3 is 6.18 Å². The van der Waals surface area contributed by atoms with Crippen molar-refractivity contribution in [3.05, 3.63) is 211 Å². The maximum Gasteiger partial charge on any atom is 0.401 e. The number of H-pyrrole nitrogens is 3. The summed E-state index contributed by atoms with van der Waals surface area (Å²) in [4.78, 5) is 20.6. The highest BCUT2D eigenvalue weighted by Crippen LogP contribution is 2.49. The predicted octanol–water partition coefficient (Wildman–Crippen LogP) is 16.6. The third-order valence-electron chi connectivity index (χ3n) is 24.3. The van der Waals surface area contributed by atoms with Crippen LogP contribution in [0.3, 0.4) is 0 Å². The zero-order valence-electron chi connectivity index (χ0n) is 65.0. The Hall–Kier alpha value is -7.34. The van der Waals surface area contributed by atoms with Crippen molar-refractivity contribution < 1.29 is 78.2 Å². The number of aromatic nitrogens is 3. The molecule has 0 radical (unpaired) electrons. The number of fused-ring (bicyclic) bond motifs is 9. The van der Waals surface area contributed by atoms with Crippen LogP contribution in [0.2, 0.25) is 0 Å². The first-order valence-corrected chi connectivity index (χ1v) is 39.9. The molecular formula is C87H105F12N9O5. The van der Waals surface area contributed by atoms with Gasteiger partial charge in [-0.05, 0) is 174 Å². The van der Waals surface area contributed by atoms with Gasteiger partial charge in [0.1, 0.15) is 47.2 Å². The highest BCUT2D eigenvalue weighted by atomic mass is 19.4. The van der Waals surface area contributed by atoms with Crippen molar-refractivity contribution in [2.24, 2.45) is 17.8 Å². The first-order chi connectivity index (χ1) is 53.8. The fourth-order valence-electron chi connectivity index (χ4n) is 18.2. The third kappa shape index (κ3) is 17.6. The Bertz CT molecular complexity index is 4510. The largest absolute Gasteiger partial charge is 0.401 e. The van der Waals surface area contributed by atoms with Crippen LogP contribution in [0.25, 0.3) is 32.7 Å². The Morgan fingerprint density at radius 3 is 0.947 bits per heavy atom. The average Bonchev–Trinajstić information content (AvgIpc) is 1.64. The number of nitrogens with one attached hydrogen (secondary N) is 3. The van der Waals surface area contributed by atoms with E-state index in [2.05, 4.69) is 50.4 Å². The van der Waals surface area contributed by atoms with Crippen molar-refractivity contribution >= 4 is 32.7 Å². The fraction of sp³-hybridized carbons (Fsp3) is 0.517. The number of alkyl halides is 6. The van der Waals surface area contributed by atoms with Gasteiger partial charge in [-0.2, -0.15) is 13.2 Å². The second-order valence-electron chi connectivity index (χ2n) is 32.9. The van der Waals surface area contributed by atoms with E-state index in [1.54, 1.807) is 30.9 Å². The highest BCUT2D eigenvalue weighted by Gasteiger charge is 2.48. The summed E-state index contributed by atoms with van der Waals surface area (Å²) < 4.78 is 180. The summed E-state index contributed by atoms with van der Waals surface area (Å²) in [5.41, 5.74) is 3.97. The molecule has 6 aliphatic heterocycles. The van der Waals surface area contributed by atoms with Crippen LogP contribution in [0.15, 0.2) is 109 Å². The Labute approximate surface area is 651 Å². The van der Waals surface area contributed by atoms with E-state index in [9.17, 15) is 47.5 Å². The van der Waals surface area contributed by atoms with Crippen LogP contribution in [-0.4, -0.2) is 198 Å². The molecule has 0 saturated carbocycles. The standard InChI is InChI=1S/C30H38F3N3O2.C29H35F4N3O2.C28H32F5N3O/c1-4-5-10-35-14-20(15-35)29(38)19-12-23(31)26(24(32)13-19)28-27-22(21-8-6-7-9-25(21)34-27)11-18(2)36(28)16-30(3,33)17-37;1-3-4-9-35-13-19(14-35)28(38)18-11-22(30)25(23(31)12-18)27-26-21(20-7-5-6-8-24(20)34-26)10-17(2)36(27)15-29(32,33)16-37;1-3-4-9-35-13-18(14-35)27(37)17-11-21(29)24(22(30)12-17)26-25-20(19-7-5-6-8-23(19)34-25)10-16(2)36(26)15-28(31,32)33/h6-9,12-13,18,20,28-29,34,37-38H,4-5,10-11,14-17H2,1-3H3;5-8,11-12,17,19,27-28,34,37-38H,3-4,9-10,13-16H2,1-2H3;5-8,11-12,16,18,26-27,34,37H,3-4,9-10,13-15H2,1-2H3/t18-,28-,29?,30+;17-,27-,28?;16-,26-,27?/m111/s1. The van der Waals surface area contributed by atoms with Gasteiger partial charge in [0.15, 0.2) is 0 Å². The molecule has 26 heteroatoms. The Balaban J connectivity index is 0.000000148. The van der Waals surface area contributed by atoms with Gasteiger partial charge < -0.3 is 55.2 Å². The maximum atomic E-state index is 15.9. The van der Waals surface area contributed by atoms with E-state index >= 15 is 30.7 Å². The Morgan fingerprint density at radius 2 is 0.681 bits per heavy atom. The summed E-state index contributed by atoms with van der Waals surface area (Å²) in [7, 11) is 0. The molecule has 9 heterocycles. The summed E-state index contributed by atoms with van der Waals surface area (Å²) in [5.74, 6) is -8.99. The van der Waals surface area contributed by atoms with Gasteiger partial charge in [0, 0.05) is 148 Å². The van der Waals surface area contributed by atoms with Crippen molar-refractivity contribution in [1.29, 1.82) is 0 Å². The van der Waals surface area contributed by atoms with Crippen LogP contribution < -0.4 is 0 Å². The molecule has 3 aromatic heterocycles. The van der Waals surface area contributed by atoms with Crippen molar-refractivity contribution in [3.63, 3.8) is 0 Å². The van der Waals surface area contributed by atoms with E-state index in [0.717, 1.165) is 131 Å². The van der Waals surface area contributed by atoms with Gasteiger partial charge in [-0.1, -0.05) is 94.6 Å². The number of halogens is 12. The van der Waals surface area contributed by atoms with Crippen molar-refractivity contribution in [1.82, 2.24) is 44.4 Å². The molecule has 0 amide bonds. The first kappa shape index (κ1) is 83.6. The first-order valence-electron chi connectivity index (χ1n) is 39.9. The zero-order valence-corrected chi connectivity index (χ0v) is 65.0. The lowest BCUT2D eigenvalue weighted by molar-refractivity contribution is -0.155. The number of aliphatic hydroxyl groups excluding tert-OH is 5. The van der Waals surface area contributed by atoms with Gasteiger partial charge in [0.05, 0.1) is 56.1 Å². The monoisotopic (exact) mass is 1580 g/mol. The normalized spacial score (nSPS) is 22.5. The number of rotatable bonds is 25. The number of benzene rings is 6. The zero-order chi connectivity index (χ0) is 80.9. The maximum absolute atomic E-state index is 15.9. The topological polar surface area (TPSA) is 168 Å². The summed E-state index contributed by atoms with van der Waals surface area (Å²) in [5, 5.41) is 54.2. The van der Waals surface area contributed by atoms with E-state index in [4.69, 9.17) is 0 Å². The Kier molecular flexibility index (Phi) is 25.5. The van der Waals surface area contributed by atoms with Gasteiger partial charge in [-0.3, -0.25) is 14.7 Å². The molecule has 10 atom stereocenters. The predicted molar refractivity (Wildman–Crippen MR) is 413 cm³/mol. The number of unbranched alkanes of at least 4 members (excludes halogenated alkanes) is 3. The van der Waals surface area contributed by atoms with Gasteiger partial charge in [0.2, 0.25) is 0 Å². The molecule has 6 aromatic carbocycles. The number of para-hydroxylation sites is 3. The number of likely N-dealkylation sites (tertiary alicyclic amines) is 3. The number of hydrogen-bond donors (Lipinski definition) is 8. The lowest BCUT2D eigenvalue weighted by Gasteiger charge is -2.43. The van der Waals surface area contributed by atoms with Gasteiger partial charge in [-0.15, -0.1) is 0 Å².